The number of benzene rings is 1. The van der Waals surface area contributed by atoms with Crippen LogP contribution in [-0.2, 0) is 6.54 Å². The van der Waals surface area contributed by atoms with Crippen molar-refractivity contribution < 1.29 is 4.79 Å². The van der Waals surface area contributed by atoms with Crippen LogP contribution in [-0.4, -0.2) is 17.9 Å². The molecule has 0 atom stereocenters. The van der Waals surface area contributed by atoms with E-state index in [0.717, 1.165) is 5.56 Å². The first-order valence-corrected chi connectivity index (χ1v) is 5.98. The molecule has 0 saturated carbocycles. The van der Waals surface area contributed by atoms with Gasteiger partial charge in [-0.15, -0.1) is 11.3 Å². The molecule has 2 rings (SSSR count). The number of hydrogen-bond donors (Lipinski definition) is 0. The minimum Gasteiger partial charge on any atom is -0.337 e. The molecular weight excluding hydrogens is 218 g/mol. The summed E-state index contributed by atoms with van der Waals surface area (Å²) < 4.78 is 0. The smallest absolute Gasteiger partial charge is 0.253 e. The Hall–Kier alpha value is -1.61. The molecule has 2 nitrogen and oxygen atoms in total. The Morgan fingerprint density at radius 3 is 2.56 bits per heavy atom. The van der Waals surface area contributed by atoms with Gasteiger partial charge in [-0.2, -0.15) is 0 Å². The fourth-order valence-electron chi connectivity index (χ4n) is 1.51. The molecule has 16 heavy (non-hydrogen) atoms. The van der Waals surface area contributed by atoms with E-state index in [1.165, 1.54) is 4.88 Å². The molecule has 0 N–H and O–H groups in total. The third kappa shape index (κ3) is 2.49. The van der Waals surface area contributed by atoms with E-state index in [4.69, 9.17) is 0 Å². The number of hydrogen-bond acceptors (Lipinski definition) is 2. The van der Waals surface area contributed by atoms with E-state index in [2.05, 4.69) is 0 Å². The summed E-state index contributed by atoms with van der Waals surface area (Å²) in [4.78, 5) is 14.9. The van der Waals surface area contributed by atoms with Gasteiger partial charge in [0.25, 0.3) is 5.91 Å². The van der Waals surface area contributed by atoms with Crippen LogP contribution >= 0.6 is 11.3 Å². The maximum absolute atomic E-state index is 12.0. The largest absolute Gasteiger partial charge is 0.337 e. The molecule has 0 spiro atoms. The molecule has 1 aromatic carbocycles. The number of rotatable bonds is 3. The zero-order valence-corrected chi connectivity index (χ0v) is 9.91. The lowest BCUT2D eigenvalue weighted by molar-refractivity contribution is 0.0786. The number of thiophene rings is 1. The van der Waals surface area contributed by atoms with E-state index in [1.54, 1.807) is 16.2 Å². The van der Waals surface area contributed by atoms with E-state index >= 15 is 0 Å². The van der Waals surface area contributed by atoms with Gasteiger partial charge in [-0.25, -0.2) is 0 Å². The highest BCUT2D eigenvalue weighted by molar-refractivity contribution is 7.09. The molecule has 0 aliphatic heterocycles. The minimum absolute atomic E-state index is 0.0639. The first-order chi connectivity index (χ1) is 7.77. The van der Waals surface area contributed by atoms with Gasteiger partial charge in [-0.05, 0) is 23.6 Å². The Kier molecular flexibility index (Phi) is 3.37. The average molecular weight is 231 g/mol. The second-order valence-electron chi connectivity index (χ2n) is 3.61. The standard InChI is InChI=1S/C13H13NOS/c1-14(10-12-8-5-9-16-12)13(15)11-6-3-2-4-7-11/h2-9H,10H2,1H3. The van der Waals surface area contributed by atoms with E-state index in [1.807, 2.05) is 54.9 Å². The predicted molar refractivity (Wildman–Crippen MR) is 66.6 cm³/mol. The summed E-state index contributed by atoms with van der Waals surface area (Å²) in [5, 5.41) is 2.02. The summed E-state index contributed by atoms with van der Waals surface area (Å²) in [6.45, 7) is 0.672. The van der Waals surface area contributed by atoms with Crippen molar-refractivity contribution in [1.29, 1.82) is 0 Å². The van der Waals surface area contributed by atoms with E-state index in [9.17, 15) is 4.79 Å². The van der Waals surface area contributed by atoms with Crippen molar-refractivity contribution in [2.45, 2.75) is 6.54 Å². The quantitative estimate of drug-likeness (QED) is 0.795. The van der Waals surface area contributed by atoms with Gasteiger partial charge in [0.1, 0.15) is 0 Å². The summed E-state index contributed by atoms with van der Waals surface area (Å²) in [6, 6.07) is 13.4. The third-order valence-electron chi connectivity index (χ3n) is 2.34. The van der Waals surface area contributed by atoms with Crippen LogP contribution in [0.1, 0.15) is 15.2 Å². The van der Waals surface area contributed by atoms with Crippen LogP contribution in [0.25, 0.3) is 0 Å². The van der Waals surface area contributed by atoms with Crippen LogP contribution in [0, 0.1) is 0 Å². The molecule has 0 bridgehead atoms. The van der Waals surface area contributed by atoms with E-state index in [-0.39, 0.29) is 5.91 Å². The summed E-state index contributed by atoms with van der Waals surface area (Å²) in [7, 11) is 1.83. The summed E-state index contributed by atoms with van der Waals surface area (Å²) >= 11 is 1.67. The molecule has 1 aromatic heterocycles. The predicted octanol–water partition coefficient (Wildman–Crippen LogP) is 3.02. The Bertz CT molecular complexity index is 450. The molecule has 0 aliphatic rings. The first-order valence-electron chi connectivity index (χ1n) is 5.10. The Morgan fingerprint density at radius 2 is 1.94 bits per heavy atom. The molecule has 0 saturated heterocycles. The summed E-state index contributed by atoms with van der Waals surface area (Å²) in [5.74, 6) is 0.0639. The summed E-state index contributed by atoms with van der Waals surface area (Å²) in [5.41, 5.74) is 0.738. The van der Waals surface area contributed by atoms with Crippen LogP contribution in [0.15, 0.2) is 47.8 Å². The van der Waals surface area contributed by atoms with Crippen molar-refractivity contribution >= 4 is 17.2 Å². The second kappa shape index (κ2) is 4.94. The van der Waals surface area contributed by atoms with E-state index in [0.29, 0.717) is 6.54 Å². The van der Waals surface area contributed by atoms with Gasteiger partial charge < -0.3 is 4.90 Å². The van der Waals surface area contributed by atoms with Crippen LogP contribution in [0.4, 0.5) is 0 Å². The van der Waals surface area contributed by atoms with Crippen molar-refractivity contribution in [3.05, 3.63) is 58.3 Å². The van der Waals surface area contributed by atoms with E-state index < -0.39 is 0 Å². The molecule has 0 radical (unpaired) electrons. The van der Waals surface area contributed by atoms with Crippen LogP contribution in [0.5, 0.6) is 0 Å². The number of carbonyl (C=O) groups excluding carboxylic acids is 1. The van der Waals surface area contributed by atoms with Crippen molar-refractivity contribution in [2.24, 2.45) is 0 Å². The molecule has 0 fully saturated rings. The zero-order valence-electron chi connectivity index (χ0n) is 9.09. The Balaban J connectivity index is 2.05. The molecule has 0 unspecified atom stereocenters. The van der Waals surface area contributed by atoms with Gasteiger partial charge in [-0.3, -0.25) is 4.79 Å². The monoisotopic (exact) mass is 231 g/mol. The normalized spacial score (nSPS) is 10.1. The Labute approximate surface area is 99.1 Å². The summed E-state index contributed by atoms with van der Waals surface area (Å²) in [6.07, 6.45) is 0. The fourth-order valence-corrected chi connectivity index (χ4v) is 2.27. The third-order valence-corrected chi connectivity index (χ3v) is 3.20. The van der Waals surface area contributed by atoms with Gasteiger partial charge in [0.15, 0.2) is 0 Å². The average Bonchev–Trinajstić information content (AvgIpc) is 2.82. The molecule has 0 aliphatic carbocycles. The van der Waals surface area contributed by atoms with Gasteiger partial charge >= 0.3 is 0 Å². The molecule has 82 valence electrons. The molecule has 3 heteroatoms. The molecule has 1 amide bonds. The lowest BCUT2D eigenvalue weighted by Gasteiger charge is -2.16. The van der Waals surface area contributed by atoms with Crippen molar-refractivity contribution in [2.75, 3.05) is 7.05 Å². The SMILES string of the molecule is CN(Cc1cccs1)C(=O)c1ccccc1. The van der Waals surface area contributed by atoms with Crippen LogP contribution < -0.4 is 0 Å². The topological polar surface area (TPSA) is 20.3 Å². The van der Waals surface area contributed by atoms with Crippen molar-refractivity contribution in [3.8, 4) is 0 Å². The highest BCUT2D eigenvalue weighted by atomic mass is 32.1. The molecular formula is C13H13NOS. The number of nitrogens with zero attached hydrogens (tertiary/aromatic N) is 1. The fraction of sp³-hybridized carbons (Fsp3) is 0.154. The van der Waals surface area contributed by atoms with Crippen molar-refractivity contribution in [3.63, 3.8) is 0 Å². The highest BCUT2D eigenvalue weighted by Crippen LogP contribution is 2.12. The minimum atomic E-state index is 0.0639. The second-order valence-corrected chi connectivity index (χ2v) is 4.64. The zero-order chi connectivity index (χ0) is 11.4. The maximum atomic E-state index is 12.0. The molecule has 2 aromatic rings. The van der Waals surface area contributed by atoms with Crippen molar-refractivity contribution in [1.82, 2.24) is 4.90 Å². The van der Waals surface area contributed by atoms with Gasteiger partial charge in [-0.1, -0.05) is 24.3 Å². The van der Waals surface area contributed by atoms with Gasteiger partial charge in [0.2, 0.25) is 0 Å². The first kappa shape index (κ1) is 10.9. The Morgan fingerprint density at radius 1 is 1.19 bits per heavy atom. The van der Waals surface area contributed by atoms with Crippen LogP contribution in [0.2, 0.25) is 0 Å². The highest BCUT2D eigenvalue weighted by Gasteiger charge is 2.11. The lowest BCUT2D eigenvalue weighted by atomic mass is 10.2. The lowest BCUT2D eigenvalue weighted by Crippen LogP contribution is -2.25. The van der Waals surface area contributed by atoms with Crippen LogP contribution in [0.3, 0.4) is 0 Å². The number of carbonyl (C=O) groups is 1. The number of amides is 1. The maximum Gasteiger partial charge on any atom is 0.253 e. The van der Waals surface area contributed by atoms with Gasteiger partial charge in [0, 0.05) is 17.5 Å². The van der Waals surface area contributed by atoms with Gasteiger partial charge in [0.05, 0.1) is 6.54 Å². The molecule has 1 heterocycles.